The lowest BCUT2D eigenvalue weighted by Gasteiger charge is -2.24. The van der Waals surface area contributed by atoms with Crippen LogP contribution in [0.5, 0.6) is 0 Å². The Labute approximate surface area is 120 Å². The van der Waals surface area contributed by atoms with Gasteiger partial charge in [0.05, 0.1) is 4.47 Å². The second-order valence-corrected chi connectivity index (χ2v) is 5.72. The number of carboxylic acids is 1. The van der Waals surface area contributed by atoms with Crippen LogP contribution in [0.1, 0.15) is 37.3 Å². The molecule has 1 heterocycles. The van der Waals surface area contributed by atoms with Crippen LogP contribution in [0, 0.1) is 5.82 Å². The summed E-state index contributed by atoms with van der Waals surface area (Å²) >= 11 is 3.16. The second-order valence-electron chi connectivity index (χ2n) is 4.86. The van der Waals surface area contributed by atoms with Crippen molar-refractivity contribution >= 4 is 21.9 Å². The molecule has 1 N–H and O–H groups in total. The van der Waals surface area contributed by atoms with Gasteiger partial charge in [-0.25, -0.2) is 4.39 Å². The van der Waals surface area contributed by atoms with Crippen LogP contribution in [0.3, 0.4) is 0 Å². The highest BCUT2D eigenvalue weighted by atomic mass is 79.9. The minimum atomic E-state index is -0.759. The first-order valence-electron chi connectivity index (χ1n) is 6.48. The SMILES string of the molecule is O=C(O)CCCN1CCCC1c1ccc(Br)c(F)c1. The molecule has 0 spiro atoms. The van der Waals surface area contributed by atoms with Crippen LogP contribution in [0.4, 0.5) is 4.39 Å². The van der Waals surface area contributed by atoms with Crippen molar-refractivity contribution in [3.63, 3.8) is 0 Å². The highest BCUT2D eigenvalue weighted by Gasteiger charge is 2.26. The van der Waals surface area contributed by atoms with Gasteiger partial charge in [0.1, 0.15) is 5.82 Å². The number of rotatable bonds is 5. The zero-order valence-electron chi connectivity index (χ0n) is 10.6. The van der Waals surface area contributed by atoms with Crippen LogP contribution in [0.25, 0.3) is 0 Å². The molecule has 1 atom stereocenters. The molecule has 1 saturated heterocycles. The molecule has 1 fully saturated rings. The average molecular weight is 330 g/mol. The smallest absolute Gasteiger partial charge is 0.303 e. The predicted octanol–water partition coefficient (Wildman–Crippen LogP) is 3.59. The fourth-order valence-corrected chi connectivity index (χ4v) is 2.87. The molecule has 1 aromatic carbocycles. The molecule has 0 radical (unpaired) electrons. The molecule has 0 bridgehead atoms. The minimum absolute atomic E-state index is 0.192. The van der Waals surface area contributed by atoms with E-state index in [2.05, 4.69) is 20.8 Å². The molecular weight excluding hydrogens is 313 g/mol. The minimum Gasteiger partial charge on any atom is -0.481 e. The van der Waals surface area contributed by atoms with Gasteiger partial charge in [0.15, 0.2) is 0 Å². The van der Waals surface area contributed by atoms with E-state index < -0.39 is 5.97 Å². The van der Waals surface area contributed by atoms with Gasteiger partial charge in [0, 0.05) is 12.5 Å². The maximum absolute atomic E-state index is 13.6. The van der Waals surface area contributed by atoms with Gasteiger partial charge in [-0.05, 0) is 66.0 Å². The number of halogens is 2. The highest BCUT2D eigenvalue weighted by molar-refractivity contribution is 9.10. The lowest BCUT2D eigenvalue weighted by Crippen LogP contribution is -2.25. The third kappa shape index (κ3) is 3.76. The van der Waals surface area contributed by atoms with Crippen molar-refractivity contribution in [2.24, 2.45) is 0 Å². The average Bonchev–Trinajstić information content (AvgIpc) is 2.80. The third-order valence-corrected chi connectivity index (χ3v) is 4.17. The quantitative estimate of drug-likeness (QED) is 0.897. The number of carbonyl (C=O) groups is 1. The van der Waals surface area contributed by atoms with E-state index in [1.54, 1.807) is 12.1 Å². The molecular formula is C14H17BrFNO2. The van der Waals surface area contributed by atoms with Crippen LogP contribution in [-0.2, 0) is 4.79 Å². The lowest BCUT2D eigenvalue weighted by molar-refractivity contribution is -0.137. The summed E-state index contributed by atoms with van der Waals surface area (Å²) in [6.07, 6.45) is 2.92. The molecule has 0 aromatic heterocycles. The summed E-state index contributed by atoms with van der Waals surface area (Å²) < 4.78 is 14.1. The van der Waals surface area contributed by atoms with Crippen molar-refractivity contribution in [2.75, 3.05) is 13.1 Å². The van der Waals surface area contributed by atoms with E-state index in [0.717, 1.165) is 31.5 Å². The molecule has 1 aliphatic heterocycles. The summed E-state index contributed by atoms with van der Waals surface area (Å²) in [6, 6.07) is 5.46. The van der Waals surface area contributed by atoms with Gasteiger partial charge in [-0.1, -0.05) is 6.07 Å². The Morgan fingerprint density at radius 3 is 3.00 bits per heavy atom. The van der Waals surface area contributed by atoms with Gasteiger partial charge in [-0.2, -0.15) is 0 Å². The van der Waals surface area contributed by atoms with Crippen molar-refractivity contribution < 1.29 is 14.3 Å². The van der Waals surface area contributed by atoms with Crippen LogP contribution in [-0.4, -0.2) is 29.1 Å². The number of hydrogen-bond acceptors (Lipinski definition) is 2. The summed E-state index contributed by atoms with van der Waals surface area (Å²) in [5.74, 6) is -1.000. The molecule has 0 aliphatic carbocycles. The molecule has 1 aliphatic rings. The number of nitrogens with zero attached hydrogens (tertiary/aromatic N) is 1. The van der Waals surface area contributed by atoms with E-state index in [4.69, 9.17) is 5.11 Å². The first kappa shape index (κ1) is 14.5. The molecule has 0 amide bonds. The van der Waals surface area contributed by atoms with Crippen molar-refractivity contribution in [2.45, 2.75) is 31.7 Å². The van der Waals surface area contributed by atoms with Gasteiger partial charge in [-0.15, -0.1) is 0 Å². The number of likely N-dealkylation sites (tertiary alicyclic amines) is 1. The zero-order chi connectivity index (χ0) is 13.8. The Morgan fingerprint density at radius 1 is 1.53 bits per heavy atom. The van der Waals surface area contributed by atoms with Crippen molar-refractivity contribution in [3.8, 4) is 0 Å². The normalized spacial score (nSPS) is 19.8. The fraction of sp³-hybridized carbons (Fsp3) is 0.500. The van der Waals surface area contributed by atoms with E-state index in [0.29, 0.717) is 10.9 Å². The number of benzene rings is 1. The molecule has 3 nitrogen and oxygen atoms in total. The van der Waals surface area contributed by atoms with Crippen LogP contribution in [0.15, 0.2) is 22.7 Å². The second kappa shape index (κ2) is 6.48. The summed E-state index contributed by atoms with van der Waals surface area (Å²) in [5, 5.41) is 8.66. The molecule has 19 heavy (non-hydrogen) atoms. The summed E-state index contributed by atoms with van der Waals surface area (Å²) in [7, 11) is 0. The highest BCUT2D eigenvalue weighted by Crippen LogP contribution is 2.33. The third-order valence-electron chi connectivity index (χ3n) is 3.53. The van der Waals surface area contributed by atoms with Gasteiger partial charge < -0.3 is 5.11 Å². The van der Waals surface area contributed by atoms with Crippen LogP contribution >= 0.6 is 15.9 Å². The first-order chi connectivity index (χ1) is 9.08. The van der Waals surface area contributed by atoms with Gasteiger partial charge in [0.25, 0.3) is 0 Å². The summed E-state index contributed by atoms with van der Waals surface area (Å²) in [5.41, 5.74) is 0.980. The Morgan fingerprint density at radius 2 is 2.32 bits per heavy atom. The molecule has 2 rings (SSSR count). The zero-order valence-corrected chi connectivity index (χ0v) is 12.2. The van der Waals surface area contributed by atoms with E-state index in [1.165, 1.54) is 0 Å². The summed E-state index contributed by atoms with van der Waals surface area (Å²) in [6.45, 7) is 1.72. The Bertz CT molecular complexity index is 467. The van der Waals surface area contributed by atoms with Gasteiger partial charge in [-0.3, -0.25) is 9.69 Å². The molecule has 5 heteroatoms. The van der Waals surface area contributed by atoms with E-state index >= 15 is 0 Å². The molecule has 1 unspecified atom stereocenters. The number of hydrogen-bond donors (Lipinski definition) is 1. The van der Waals surface area contributed by atoms with Crippen LogP contribution < -0.4 is 0 Å². The maximum atomic E-state index is 13.6. The monoisotopic (exact) mass is 329 g/mol. The van der Waals surface area contributed by atoms with E-state index in [9.17, 15) is 9.18 Å². The first-order valence-corrected chi connectivity index (χ1v) is 7.28. The van der Waals surface area contributed by atoms with Gasteiger partial charge in [0.2, 0.25) is 0 Å². The van der Waals surface area contributed by atoms with Crippen molar-refractivity contribution in [1.29, 1.82) is 0 Å². The standard InChI is InChI=1S/C14H17BrFNO2/c15-11-6-5-10(9-12(11)16)13-3-1-7-17(13)8-2-4-14(18)19/h5-6,9,13H,1-4,7-8H2,(H,18,19). The topological polar surface area (TPSA) is 40.5 Å². The Kier molecular flexibility index (Phi) is 4.93. The maximum Gasteiger partial charge on any atom is 0.303 e. The van der Waals surface area contributed by atoms with E-state index in [-0.39, 0.29) is 18.3 Å². The molecule has 1 aromatic rings. The predicted molar refractivity (Wildman–Crippen MR) is 74.5 cm³/mol. The molecule has 0 saturated carbocycles. The van der Waals surface area contributed by atoms with Crippen molar-refractivity contribution in [3.05, 3.63) is 34.1 Å². The fourth-order valence-electron chi connectivity index (χ4n) is 2.62. The van der Waals surface area contributed by atoms with Gasteiger partial charge >= 0.3 is 5.97 Å². The van der Waals surface area contributed by atoms with Crippen molar-refractivity contribution in [1.82, 2.24) is 4.90 Å². The lowest BCUT2D eigenvalue weighted by atomic mass is 10.0. The Balaban J connectivity index is 2.01. The van der Waals surface area contributed by atoms with E-state index in [1.807, 2.05) is 6.07 Å². The Hall–Kier alpha value is -0.940. The number of aliphatic carboxylic acids is 1. The largest absolute Gasteiger partial charge is 0.481 e. The number of carboxylic acid groups (broad SMARTS) is 1. The summed E-state index contributed by atoms with van der Waals surface area (Å²) in [4.78, 5) is 12.8. The molecule has 104 valence electrons. The van der Waals surface area contributed by atoms with Crippen LogP contribution in [0.2, 0.25) is 0 Å².